The molecule has 1 aliphatic carbocycles. The number of H-pyrrole nitrogens is 1. The third-order valence-corrected chi connectivity index (χ3v) is 3.48. The third-order valence-electron chi connectivity index (χ3n) is 3.48. The van der Waals surface area contributed by atoms with Crippen LogP contribution in [0.5, 0.6) is 0 Å². The predicted octanol–water partition coefficient (Wildman–Crippen LogP) is 1.17. The van der Waals surface area contributed by atoms with E-state index in [-0.39, 0.29) is 18.1 Å². The van der Waals surface area contributed by atoms with E-state index < -0.39 is 5.97 Å². The van der Waals surface area contributed by atoms with Gasteiger partial charge in [-0.25, -0.2) is 4.98 Å². The molecule has 1 aliphatic rings. The van der Waals surface area contributed by atoms with Crippen LogP contribution in [0.15, 0.2) is 10.9 Å². The molecule has 1 saturated carbocycles. The van der Waals surface area contributed by atoms with Crippen LogP contribution in [0.25, 0.3) is 0 Å². The summed E-state index contributed by atoms with van der Waals surface area (Å²) >= 11 is 0. The Morgan fingerprint density at radius 1 is 1.53 bits per heavy atom. The van der Waals surface area contributed by atoms with E-state index in [1.807, 2.05) is 6.92 Å². The van der Waals surface area contributed by atoms with Crippen molar-refractivity contribution < 1.29 is 9.90 Å². The van der Waals surface area contributed by atoms with Crippen molar-refractivity contribution in [2.45, 2.75) is 45.1 Å². The van der Waals surface area contributed by atoms with E-state index in [9.17, 15) is 9.59 Å². The Labute approximate surface area is 111 Å². The summed E-state index contributed by atoms with van der Waals surface area (Å²) in [6.45, 7) is 1.80. The number of anilines is 1. The van der Waals surface area contributed by atoms with E-state index in [2.05, 4.69) is 9.97 Å². The molecular formula is C13H19N3O3. The Balaban J connectivity index is 2.33. The Bertz CT molecular complexity index is 506. The van der Waals surface area contributed by atoms with Gasteiger partial charge in [0, 0.05) is 18.5 Å². The van der Waals surface area contributed by atoms with Gasteiger partial charge in [-0.2, -0.15) is 0 Å². The number of hydrogen-bond acceptors (Lipinski definition) is 4. The molecule has 1 heterocycles. The fraction of sp³-hybridized carbons (Fsp3) is 0.615. The van der Waals surface area contributed by atoms with Crippen molar-refractivity contribution in [3.63, 3.8) is 0 Å². The van der Waals surface area contributed by atoms with E-state index in [0.717, 1.165) is 25.7 Å². The first-order chi connectivity index (χ1) is 9.10. The maximum atomic E-state index is 11.6. The van der Waals surface area contributed by atoms with Gasteiger partial charge in [0.2, 0.25) is 0 Å². The van der Waals surface area contributed by atoms with Gasteiger partial charge < -0.3 is 15.0 Å². The molecule has 2 rings (SSSR count). The Morgan fingerprint density at radius 2 is 2.21 bits per heavy atom. The summed E-state index contributed by atoms with van der Waals surface area (Å²) in [6, 6.07) is 1.57. The van der Waals surface area contributed by atoms with E-state index in [1.165, 1.54) is 6.07 Å². The molecule has 6 nitrogen and oxygen atoms in total. The van der Waals surface area contributed by atoms with Gasteiger partial charge in [-0.05, 0) is 12.8 Å². The molecule has 1 aromatic rings. The molecule has 19 heavy (non-hydrogen) atoms. The smallest absolute Gasteiger partial charge is 0.323 e. The van der Waals surface area contributed by atoms with Gasteiger partial charge in [0.1, 0.15) is 18.2 Å². The standard InChI is InChI=1S/C13H19N3O3/c1-2-10-14-11(7-12(17)15-10)16(8-13(18)19)9-5-3-4-6-9/h7,9H,2-6,8H2,1H3,(H,18,19)(H,14,15,17). The largest absolute Gasteiger partial charge is 0.480 e. The average Bonchev–Trinajstić information content (AvgIpc) is 2.88. The highest BCUT2D eigenvalue weighted by Gasteiger charge is 2.26. The van der Waals surface area contributed by atoms with Crippen molar-refractivity contribution in [2.24, 2.45) is 0 Å². The van der Waals surface area contributed by atoms with E-state index >= 15 is 0 Å². The number of nitrogens with zero attached hydrogens (tertiary/aromatic N) is 2. The number of aryl methyl sites for hydroxylation is 1. The van der Waals surface area contributed by atoms with Crippen LogP contribution in [0.3, 0.4) is 0 Å². The lowest BCUT2D eigenvalue weighted by Gasteiger charge is -2.28. The lowest BCUT2D eigenvalue weighted by molar-refractivity contribution is -0.135. The first-order valence-electron chi connectivity index (χ1n) is 6.69. The van der Waals surface area contributed by atoms with Crippen molar-refractivity contribution in [3.8, 4) is 0 Å². The van der Waals surface area contributed by atoms with E-state index in [4.69, 9.17) is 5.11 Å². The molecule has 0 amide bonds. The van der Waals surface area contributed by atoms with Crippen LogP contribution in [-0.2, 0) is 11.2 Å². The third kappa shape index (κ3) is 3.33. The van der Waals surface area contributed by atoms with Crippen molar-refractivity contribution in [2.75, 3.05) is 11.4 Å². The number of aliphatic carboxylic acids is 1. The predicted molar refractivity (Wildman–Crippen MR) is 71.5 cm³/mol. The first kappa shape index (κ1) is 13.6. The molecule has 1 aromatic heterocycles. The molecule has 0 unspecified atom stereocenters. The zero-order chi connectivity index (χ0) is 13.8. The number of aromatic nitrogens is 2. The Hall–Kier alpha value is -1.85. The summed E-state index contributed by atoms with van der Waals surface area (Å²) in [5.41, 5.74) is -0.227. The second-order valence-corrected chi connectivity index (χ2v) is 4.86. The summed E-state index contributed by atoms with van der Waals surface area (Å²) < 4.78 is 0. The molecule has 0 saturated heterocycles. The average molecular weight is 265 g/mol. The van der Waals surface area contributed by atoms with Crippen molar-refractivity contribution >= 4 is 11.8 Å². The SMILES string of the molecule is CCc1nc(N(CC(=O)O)C2CCCC2)cc(=O)[nH]1. The molecule has 0 atom stereocenters. The summed E-state index contributed by atoms with van der Waals surface area (Å²) in [6.07, 6.45) is 4.75. The summed E-state index contributed by atoms with van der Waals surface area (Å²) in [4.78, 5) is 31.4. The van der Waals surface area contributed by atoms with Crippen molar-refractivity contribution in [1.29, 1.82) is 0 Å². The van der Waals surface area contributed by atoms with E-state index in [0.29, 0.717) is 18.1 Å². The van der Waals surface area contributed by atoms with Crippen molar-refractivity contribution in [1.82, 2.24) is 9.97 Å². The summed E-state index contributed by atoms with van der Waals surface area (Å²) in [5.74, 6) is 0.179. The van der Waals surface area contributed by atoms with Gasteiger partial charge in [-0.15, -0.1) is 0 Å². The lowest BCUT2D eigenvalue weighted by atomic mass is 10.2. The van der Waals surface area contributed by atoms with Gasteiger partial charge >= 0.3 is 5.97 Å². The topological polar surface area (TPSA) is 86.3 Å². The second-order valence-electron chi connectivity index (χ2n) is 4.86. The highest BCUT2D eigenvalue weighted by molar-refractivity contribution is 5.73. The number of rotatable bonds is 5. The van der Waals surface area contributed by atoms with Crippen LogP contribution in [0, 0.1) is 0 Å². The molecule has 0 aromatic carbocycles. The molecule has 2 N–H and O–H groups in total. The molecule has 0 radical (unpaired) electrons. The van der Waals surface area contributed by atoms with Gasteiger partial charge in [0.15, 0.2) is 0 Å². The van der Waals surface area contributed by atoms with Crippen LogP contribution < -0.4 is 10.5 Å². The van der Waals surface area contributed by atoms with Gasteiger partial charge in [-0.1, -0.05) is 19.8 Å². The van der Waals surface area contributed by atoms with Gasteiger partial charge in [0.05, 0.1) is 0 Å². The minimum Gasteiger partial charge on any atom is -0.480 e. The number of carboxylic acids is 1. The fourth-order valence-electron chi connectivity index (χ4n) is 2.57. The zero-order valence-corrected chi connectivity index (χ0v) is 11.1. The molecule has 0 spiro atoms. The molecule has 0 bridgehead atoms. The minimum atomic E-state index is -0.896. The first-order valence-corrected chi connectivity index (χ1v) is 6.69. The highest BCUT2D eigenvalue weighted by Crippen LogP contribution is 2.26. The maximum Gasteiger partial charge on any atom is 0.323 e. The minimum absolute atomic E-state index is 0.107. The molecule has 0 aliphatic heterocycles. The normalized spacial score (nSPS) is 15.6. The quantitative estimate of drug-likeness (QED) is 0.834. The number of carbonyl (C=O) groups is 1. The van der Waals surface area contributed by atoms with Crippen LogP contribution in [-0.4, -0.2) is 33.6 Å². The second kappa shape index (κ2) is 5.86. The zero-order valence-electron chi connectivity index (χ0n) is 11.1. The molecule has 104 valence electrons. The number of carboxylic acid groups (broad SMARTS) is 1. The van der Waals surface area contributed by atoms with Crippen LogP contribution >= 0.6 is 0 Å². The van der Waals surface area contributed by atoms with Gasteiger partial charge in [0.25, 0.3) is 5.56 Å². The monoisotopic (exact) mass is 265 g/mol. The van der Waals surface area contributed by atoms with Crippen LogP contribution in [0.2, 0.25) is 0 Å². The number of hydrogen-bond donors (Lipinski definition) is 2. The summed E-state index contributed by atoms with van der Waals surface area (Å²) in [5, 5.41) is 9.05. The number of nitrogens with one attached hydrogen (secondary N) is 1. The molecular weight excluding hydrogens is 246 g/mol. The van der Waals surface area contributed by atoms with Crippen LogP contribution in [0.4, 0.5) is 5.82 Å². The van der Waals surface area contributed by atoms with Crippen LogP contribution in [0.1, 0.15) is 38.4 Å². The highest BCUT2D eigenvalue weighted by atomic mass is 16.4. The number of aromatic amines is 1. The van der Waals surface area contributed by atoms with E-state index in [1.54, 1.807) is 4.90 Å². The molecule has 1 fully saturated rings. The molecule has 6 heteroatoms. The Kier molecular flexibility index (Phi) is 4.19. The van der Waals surface area contributed by atoms with Crippen molar-refractivity contribution in [3.05, 3.63) is 22.2 Å². The van der Waals surface area contributed by atoms with Gasteiger partial charge in [-0.3, -0.25) is 9.59 Å². The summed E-state index contributed by atoms with van der Waals surface area (Å²) in [7, 11) is 0. The lowest BCUT2D eigenvalue weighted by Crippen LogP contribution is -2.39. The Morgan fingerprint density at radius 3 is 2.79 bits per heavy atom. The maximum absolute atomic E-state index is 11.6. The fourth-order valence-corrected chi connectivity index (χ4v) is 2.57.